The third-order valence-corrected chi connectivity index (χ3v) is 4.58. The van der Waals surface area contributed by atoms with Gasteiger partial charge in [0, 0.05) is 13.0 Å². The fraction of sp³-hybridized carbons (Fsp3) is 0.312. The highest BCUT2D eigenvalue weighted by Crippen LogP contribution is 2.19. The predicted octanol–water partition coefficient (Wildman–Crippen LogP) is 1.66. The third-order valence-electron chi connectivity index (χ3n) is 3.59. The Morgan fingerprint density at radius 2 is 2.13 bits per heavy atom. The number of morpholine rings is 1. The average molecular weight is 332 g/mol. The molecular weight excluding hydrogens is 316 g/mol. The zero-order chi connectivity index (χ0) is 16.2. The molecule has 6 nitrogen and oxygen atoms in total. The lowest BCUT2D eigenvalue weighted by atomic mass is 10.2. The molecule has 1 N–H and O–H groups in total. The van der Waals surface area contributed by atoms with Crippen LogP contribution in [-0.2, 0) is 16.0 Å². The van der Waals surface area contributed by atoms with Gasteiger partial charge in [-0.25, -0.2) is 9.78 Å². The van der Waals surface area contributed by atoms with Gasteiger partial charge in [-0.3, -0.25) is 4.79 Å². The van der Waals surface area contributed by atoms with Gasteiger partial charge in [-0.15, -0.1) is 11.3 Å². The number of carboxylic acids is 1. The van der Waals surface area contributed by atoms with Gasteiger partial charge in [0.2, 0.25) is 0 Å². The van der Waals surface area contributed by atoms with E-state index in [1.165, 1.54) is 16.2 Å². The molecule has 1 amide bonds. The van der Waals surface area contributed by atoms with E-state index in [2.05, 4.69) is 4.98 Å². The molecule has 0 radical (unpaired) electrons. The maximum Gasteiger partial charge on any atom is 0.334 e. The minimum atomic E-state index is -1.04. The second kappa shape index (κ2) is 6.89. The quantitative estimate of drug-likeness (QED) is 0.921. The SMILES string of the molecule is O=C(O)[C@@H]1CN(C(=O)c2cnc(Cc3ccccc3)s2)CCO1. The highest BCUT2D eigenvalue weighted by Gasteiger charge is 2.30. The Bertz CT molecular complexity index is 701. The highest BCUT2D eigenvalue weighted by molar-refractivity contribution is 7.13. The number of hydrogen-bond donors (Lipinski definition) is 1. The molecule has 1 fully saturated rings. The molecule has 0 spiro atoms. The van der Waals surface area contributed by atoms with E-state index in [-0.39, 0.29) is 19.1 Å². The first-order chi connectivity index (χ1) is 11.1. The van der Waals surface area contributed by atoms with Gasteiger partial charge in [0.15, 0.2) is 6.10 Å². The van der Waals surface area contributed by atoms with Crippen molar-refractivity contribution in [1.82, 2.24) is 9.88 Å². The van der Waals surface area contributed by atoms with Crippen molar-refractivity contribution in [2.24, 2.45) is 0 Å². The van der Waals surface area contributed by atoms with Crippen LogP contribution < -0.4 is 0 Å². The summed E-state index contributed by atoms with van der Waals surface area (Å²) in [5.74, 6) is -1.23. The van der Waals surface area contributed by atoms with E-state index in [4.69, 9.17) is 9.84 Å². The van der Waals surface area contributed by atoms with Crippen LogP contribution in [0.5, 0.6) is 0 Å². The molecule has 0 saturated carbocycles. The molecule has 1 atom stereocenters. The molecule has 0 aliphatic carbocycles. The summed E-state index contributed by atoms with van der Waals surface area (Å²) in [6, 6.07) is 9.92. The van der Waals surface area contributed by atoms with Crippen LogP contribution in [0, 0.1) is 0 Å². The van der Waals surface area contributed by atoms with Crippen LogP contribution in [-0.4, -0.2) is 52.7 Å². The maximum atomic E-state index is 12.5. The summed E-state index contributed by atoms with van der Waals surface area (Å²) >= 11 is 1.35. The van der Waals surface area contributed by atoms with Gasteiger partial charge in [0.1, 0.15) is 4.88 Å². The first-order valence-corrected chi connectivity index (χ1v) is 8.07. The lowest BCUT2D eigenvalue weighted by Crippen LogP contribution is -2.48. The largest absolute Gasteiger partial charge is 0.479 e. The molecule has 1 aromatic carbocycles. The van der Waals surface area contributed by atoms with Crippen LogP contribution in [0.3, 0.4) is 0 Å². The maximum absolute atomic E-state index is 12.5. The van der Waals surface area contributed by atoms with Gasteiger partial charge in [-0.1, -0.05) is 30.3 Å². The summed E-state index contributed by atoms with van der Waals surface area (Å²) in [5, 5.41) is 9.87. The minimum absolute atomic E-state index is 0.0695. The Hall–Kier alpha value is -2.25. The molecule has 0 bridgehead atoms. The normalized spacial score (nSPS) is 17.9. The van der Waals surface area contributed by atoms with Crippen LogP contribution in [0.15, 0.2) is 36.5 Å². The van der Waals surface area contributed by atoms with E-state index >= 15 is 0 Å². The van der Waals surface area contributed by atoms with Crippen molar-refractivity contribution in [3.8, 4) is 0 Å². The molecule has 3 rings (SSSR count). The fourth-order valence-electron chi connectivity index (χ4n) is 2.40. The van der Waals surface area contributed by atoms with E-state index < -0.39 is 12.1 Å². The van der Waals surface area contributed by atoms with E-state index in [9.17, 15) is 9.59 Å². The fourth-order valence-corrected chi connectivity index (χ4v) is 3.32. The van der Waals surface area contributed by atoms with Crippen LogP contribution >= 0.6 is 11.3 Å². The van der Waals surface area contributed by atoms with Crippen molar-refractivity contribution in [2.45, 2.75) is 12.5 Å². The van der Waals surface area contributed by atoms with Crippen molar-refractivity contribution < 1.29 is 19.4 Å². The smallest absolute Gasteiger partial charge is 0.334 e. The van der Waals surface area contributed by atoms with Gasteiger partial charge in [-0.05, 0) is 5.56 Å². The number of hydrogen-bond acceptors (Lipinski definition) is 5. The summed E-state index contributed by atoms with van der Waals surface area (Å²) in [6.45, 7) is 0.701. The second-order valence-electron chi connectivity index (χ2n) is 5.23. The van der Waals surface area contributed by atoms with E-state index in [1.54, 1.807) is 6.20 Å². The number of amides is 1. The van der Waals surface area contributed by atoms with Crippen LogP contribution in [0.1, 0.15) is 20.2 Å². The van der Waals surface area contributed by atoms with E-state index in [0.29, 0.717) is 17.8 Å². The van der Waals surface area contributed by atoms with Crippen molar-refractivity contribution in [1.29, 1.82) is 0 Å². The standard InChI is InChI=1S/C16H16N2O4S/c19-15(18-6-7-22-12(10-18)16(20)21)13-9-17-14(23-13)8-11-4-2-1-3-5-11/h1-5,9,12H,6-8,10H2,(H,20,21)/t12-/m0/s1. The topological polar surface area (TPSA) is 79.7 Å². The number of benzene rings is 1. The van der Waals surface area contributed by atoms with Gasteiger partial charge in [-0.2, -0.15) is 0 Å². The Labute approximate surface area is 137 Å². The number of carboxylic acid groups (broad SMARTS) is 1. The Kier molecular flexibility index (Phi) is 4.68. The molecule has 2 aromatic rings. The summed E-state index contributed by atoms with van der Waals surface area (Å²) in [5.41, 5.74) is 1.14. The lowest BCUT2D eigenvalue weighted by Gasteiger charge is -2.30. The molecule has 1 aliphatic rings. The summed E-state index contributed by atoms with van der Waals surface area (Å²) in [7, 11) is 0. The number of aliphatic carboxylic acids is 1. The Balaban J connectivity index is 1.67. The molecule has 7 heteroatoms. The summed E-state index contributed by atoms with van der Waals surface area (Å²) < 4.78 is 5.13. The first kappa shape index (κ1) is 15.6. The second-order valence-corrected chi connectivity index (χ2v) is 6.34. The zero-order valence-corrected chi connectivity index (χ0v) is 13.2. The molecule has 1 saturated heterocycles. The number of aromatic nitrogens is 1. The molecular formula is C16H16N2O4S. The van der Waals surface area contributed by atoms with Crippen molar-refractivity contribution >= 4 is 23.2 Å². The summed E-state index contributed by atoms with van der Waals surface area (Å²) in [4.78, 5) is 29.8. The zero-order valence-electron chi connectivity index (χ0n) is 12.3. The van der Waals surface area contributed by atoms with E-state index in [1.807, 2.05) is 30.3 Å². The van der Waals surface area contributed by atoms with Gasteiger partial charge < -0.3 is 14.7 Å². The number of rotatable bonds is 4. The molecule has 1 aromatic heterocycles. The number of carbonyl (C=O) groups is 2. The molecule has 1 aliphatic heterocycles. The van der Waals surface area contributed by atoms with Gasteiger partial charge in [0.25, 0.3) is 5.91 Å². The predicted molar refractivity (Wildman–Crippen MR) is 84.6 cm³/mol. The number of carbonyl (C=O) groups excluding carboxylic acids is 1. The van der Waals surface area contributed by atoms with Crippen LogP contribution in [0.4, 0.5) is 0 Å². The number of ether oxygens (including phenoxy) is 1. The molecule has 120 valence electrons. The van der Waals surface area contributed by atoms with E-state index in [0.717, 1.165) is 10.6 Å². The van der Waals surface area contributed by atoms with Crippen molar-refractivity contribution in [3.63, 3.8) is 0 Å². The average Bonchev–Trinajstić information content (AvgIpc) is 3.03. The highest BCUT2D eigenvalue weighted by atomic mass is 32.1. The minimum Gasteiger partial charge on any atom is -0.479 e. The first-order valence-electron chi connectivity index (χ1n) is 7.26. The number of nitrogens with zero attached hydrogens (tertiary/aromatic N) is 2. The van der Waals surface area contributed by atoms with Gasteiger partial charge >= 0.3 is 5.97 Å². The molecule has 2 heterocycles. The summed E-state index contributed by atoms with van der Waals surface area (Å²) in [6.07, 6.45) is 1.29. The van der Waals surface area contributed by atoms with Crippen molar-refractivity contribution in [2.75, 3.05) is 19.7 Å². The third kappa shape index (κ3) is 3.75. The van der Waals surface area contributed by atoms with Crippen LogP contribution in [0.25, 0.3) is 0 Å². The Morgan fingerprint density at radius 3 is 2.87 bits per heavy atom. The monoisotopic (exact) mass is 332 g/mol. The molecule has 0 unspecified atom stereocenters. The van der Waals surface area contributed by atoms with Crippen LogP contribution in [0.2, 0.25) is 0 Å². The molecule has 23 heavy (non-hydrogen) atoms. The van der Waals surface area contributed by atoms with Gasteiger partial charge in [0.05, 0.1) is 24.4 Å². The van der Waals surface area contributed by atoms with Crippen molar-refractivity contribution in [3.05, 3.63) is 52.0 Å². The Morgan fingerprint density at radius 1 is 1.35 bits per heavy atom. The number of thiazole rings is 1. The lowest BCUT2D eigenvalue weighted by molar-refractivity contribution is -0.154.